The zero-order valence-electron chi connectivity index (χ0n) is 15.3. The number of carbonyl (C=O) groups is 1. The van der Waals surface area contributed by atoms with Gasteiger partial charge in [0.2, 0.25) is 0 Å². The monoisotopic (exact) mass is 387 g/mol. The lowest BCUT2D eigenvalue weighted by atomic mass is 10.0. The van der Waals surface area contributed by atoms with E-state index in [1.807, 2.05) is 0 Å². The Morgan fingerprint density at radius 3 is 2.50 bits per heavy atom. The fraction of sp³-hybridized carbons (Fsp3) is 0.0952. The van der Waals surface area contributed by atoms with Gasteiger partial charge in [-0.15, -0.1) is 0 Å². The molecule has 28 heavy (non-hydrogen) atoms. The molecule has 0 radical (unpaired) electrons. The zero-order chi connectivity index (χ0) is 20.8. The highest BCUT2D eigenvalue weighted by Gasteiger charge is 2.21. The Morgan fingerprint density at radius 1 is 1.25 bits per heavy atom. The molecule has 0 fully saturated rings. The Labute approximate surface area is 161 Å². The first-order chi connectivity index (χ1) is 13.2. The average Bonchev–Trinajstić information content (AvgIpc) is 2.65. The van der Waals surface area contributed by atoms with Crippen LogP contribution in [0.4, 0.5) is 18.9 Å². The van der Waals surface area contributed by atoms with Crippen molar-refractivity contribution in [1.29, 1.82) is 0 Å². The highest BCUT2D eigenvalue weighted by molar-refractivity contribution is 6.08. The molecule has 2 rings (SSSR count). The van der Waals surface area contributed by atoms with Gasteiger partial charge in [0.05, 0.1) is 5.57 Å². The number of amides is 1. The van der Waals surface area contributed by atoms with Crippen molar-refractivity contribution in [2.45, 2.75) is 6.43 Å². The van der Waals surface area contributed by atoms with E-state index in [2.05, 4.69) is 18.5 Å². The van der Waals surface area contributed by atoms with E-state index in [1.165, 1.54) is 19.2 Å². The first-order valence-electron chi connectivity index (χ1n) is 8.24. The number of nitrogens with one attached hydrogen (secondary N) is 1. The van der Waals surface area contributed by atoms with E-state index in [0.717, 1.165) is 11.2 Å². The zero-order valence-corrected chi connectivity index (χ0v) is 15.3. The molecule has 0 aromatic heterocycles. The summed E-state index contributed by atoms with van der Waals surface area (Å²) in [5, 5.41) is 3.56. The number of rotatable bonds is 7. The molecule has 0 heterocycles. The van der Waals surface area contributed by atoms with E-state index in [0.29, 0.717) is 22.4 Å². The molecule has 0 saturated heterocycles. The molecule has 2 aromatic carbocycles. The lowest BCUT2D eigenvalue weighted by Crippen LogP contribution is -2.25. The number of nitrogens with zero attached hydrogens (tertiary/aromatic N) is 1. The van der Waals surface area contributed by atoms with E-state index in [1.54, 1.807) is 36.4 Å². The summed E-state index contributed by atoms with van der Waals surface area (Å²) in [6.07, 6.45) is -0.471. The van der Waals surface area contributed by atoms with Crippen molar-refractivity contribution in [2.75, 3.05) is 12.4 Å². The molecule has 0 spiro atoms. The van der Waals surface area contributed by atoms with Crippen LogP contribution in [0.5, 0.6) is 0 Å². The number of benzene rings is 2. The van der Waals surface area contributed by atoms with Crippen LogP contribution < -0.4 is 11.2 Å². The standard InChI is InChI=1S/C21H20F3N3O/c1-4-14-9-10-15(11-18(14)22)16-7-5-6-8-19(16)26-21(28)17(12-27(3)25)13(2)20(23)24/h4-12,20H,1-2,25H2,3H3,(H,26,28)/b17-12+. The molecule has 4 nitrogen and oxygen atoms in total. The summed E-state index contributed by atoms with van der Waals surface area (Å²) >= 11 is 0. The number of halogens is 3. The summed E-state index contributed by atoms with van der Waals surface area (Å²) in [6.45, 7) is 6.80. The van der Waals surface area contributed by atoms with E-state index in [4.69, 9.17) is 5.84 Å². The van der Waals surface area contributed by atoms with E-state index >= 15 is 0 Å². The molecule has 1 amide bonds. The number of anilines is 1. The van der Waals surface area contributed by atoms with Crippen LogP contribution in [0.2, 0.25) is 0 Å². The molecular formula is C21H20F3N3O. The highest BCUT2D eigenvalue weighted by atomic mass is 19.3. The molecule has 3 N–H and O–H groups in total. The van der Waals surface area contributed by atoms with Gasteiger partial charge in [-0.1, -0.05) is 49.6 Å². The summed E-state index contributed by atoms with van der Waals surface area (Å²) < 4.78 is 40.2. The molecule has 0 aliphatic heterocycles. The van der Waals surface area contributed by atoms with Crippen LogP contribution in [0.3, 0.4) is 0 Å². The molecule has 2 aromatic rings. The lowest BCUT2D eigenvalue weighted by Gasteiger charge is -2.16. The minimum atomic E-state index is -2.92. The topological polar surface area (TPSA) is 58.4 Å². The minimum Gasteiger partial charge on any atom is -0.321 e. The van der Waals surface area contributed by atoms with Gasteiger partial charge >= 0.3 is 0 Å². The van der Waals surface area contributed by atoms with Gasteiger partial charge in [-0.25, -0.2) is 19.0 Å². The van der Waals surface area contributed by atoms with Crippen LogP contribution >= 0.6 is 0 Å². The van der Waals surface area contributed by atoms with E-state index < -0.39 is 23.7 Å². The average molecular weight is 387 g/mol. The molecule has 0 saturated carbocycles. The number of hydrogen-bond donors (Lipinski definition) is 2. The van der Waals surface area contributed by atoms with Gasteiger partial charge in [0.25, 0.3) is 12.3 Å². The van der Waals surface area contributed by atoms with Crippen molar-refractivity contribution in [2.24, 2.45) is 5.84 Å². The predicted molar refractivity (Wildman–Crippen MR) is 106 cm³/mol. The second kappa shape index (κ2) is 9.05. The first-order valence-corrected chi connectivity index (χ1v) is 8.24. The van der Waals surface area contributed by atoms with Gasteiger partial charge in [-0.2, -0.15) is 0 Å². The molecule has 7 heteroatoms. The number of nitrogens with two attached hydrogens (primary N) is 1. The maximum atomic E-state index is 14.1. The quantitative estimate of drug-likeness (QED) is 0.316. The molecule has 0 unspecified atom stereocenters. The van der Waals surface area contributed by atoms with Gasteiger partial charge in [0, 0.05) is 35.6 Å². The van der Waals surface area contributed by atoms with Crippen LogP contribution in [-0.2, 0) is 4.79 Å². The van der Waals surface area contributed by atoms with Crippen LogP contribution in [0.1, 0.15) is 5.56 Å². The molecule has 0 atom stereocenters. The summed E-state index contributed by atoms with van der Waals surface area (Å²) in [6, 6.07) is 11.2. The normalized spacial score (nSPS) is 11.3. The first kappa shape index (κ1) is 21.0. The largest absolute Gasteiger partial charge is 0.321 e. The van der Waals surface area contributed by atoms with Crippen molar-refractivity contribution in [3.63, 3.8) is 0 Å². The van der Waals surface area contributed by atoms with Crippen molar-refractivity contribution in [1.82, 2.24) is 5.01 Å². The molecule has 0 bridgehead atoms. The Balaban J connectivity index is 2.42. The third kappa shape index (κ3) is 4.89. The fourth-order valence-electron chi connectivity index (χ4n) is 2.50. The maximum absolute atomic E-state index is 14.1. The van der Waals surface area contributed by atoms with Gasteiger partial charge in [0.1, 0.15) is 5.82 Å². The SMILES string of the molecule is C=Cc1ccc(-c2ccccc2NC(=O)/C(=C/N(C)N)C(=C)C(F)F)cc1F. The fourth-order valence-corrected chi connectivity index (χ4v) is 2.50. The van der Waals surface area contributed by atoms with Gasteiger partial charge in [0.15, 0.2) is 0 Å². The summed E-state index contributed by atoms with van der Waals surface area (Å²) in [5.41, 5.74) is 0.680. The van der Waals surface area contributed by atoms with Crippen LogP contribution in [0.25, 0.3) is 17.2 Å². The minimum absolute atomic E-state index is 0.325. The Morgan fingerprint density at radius 2 is 1.93 bits per heavy atom. The Hall–Kier alpha value is -3.32. The molecule has 0 aliphatic carbocycles. The van der Waals surface area contributed by atoms with E-state index in [9.17, 15) is 18.0 Å². The molecule has 146 valence electrons. The number of hydrogen-bond acceptors (Lipinski definition) is 3. The number of alkyl halides is 2. The van der Waals surface area contributed by atoms with Crippen LogP contribution in [-0.4, -0.2) is 24.4 Å². The third-order valence-corrected chi connectivity index (χ3v) is 3.89. The summed E-state index contributed by atoms with van der Waals surface area (Å²) in [4.78, 5) is 12.6. The van der Waals surface area contributed by atoms with Crippen molar-refractivity contribution in [3.05, 3.63) is 84.3 Å². The van der Waals surface area contributed by atoms with Crippen LogP contribution in [0.15, 0.2) is 73.0 Å². The van der Waals surface area contributed by atoms with Crippen molar-refractivity contribution in [3.8, 4) is 11.1 Å². The van der Waals surface area contributed by atoms with E-state index in [-0.39, 0.29) is 5.57 Å². The smallest absolute Gasteiger partial charge is 0.264 e. The molecule has 0 aliphatic rings. The second-order valence-corrected chi connectivity index (χ2v) is 5.97. The molecular weight excluding hydrogens is 367 g/mol. The van der Waals surface area contributed by atoms with Crippen molar-refractivity contribution >= 4 is 17.7 Å². The van der Waals surface area contributed by atoms with Gasteiger partial charge in [-0.05, 0) is 17.7 Å². The maximum Gasteiger partial charge on any atom is 0.264 e. The van der Waals surface area contributed by atoms with Gasteiger partial charge < -0.3 is 10.3 Å². The number of para-hydroxylation sites is 1. The van der Waals surface area contributed by atoms with Crippen LogP contribution in [0, 0.1) is 5.82 Å². The highest BCUT2D eigenvalue weighted by Crippen LogP contribution is 2.30. The number of carbonyl (C=O) groups excluding carboxylic acids is 1. The summed E-state index contributed by atoms with van der Waals surface area (Å²) in [7, 11) is 1.39. The third-order valence-electron chi connectivity index (χ3n) is 3.89. The van der Waals surface area contributed by atoms with Crippen molar-refractivity contribution < 1.29 is 18.0 Å². The Kier molecular flexibility index (Phi) is 6.79. The number of hydrazine groups is 1. The van der Waals surface area contributed by atoms with Gasteiger partial charge in [-0.3, -0.25) is 4.79 Å². The second-order valence-electron chi connectivity index (χ2n) is 5.97. The Bertz CT molecular complexity index is 936. The summed E-state index contributed by atoms with van der Waals surface area (Å²) in [5.74, 6) is 4.19. The predicted octanol–water partition coefficient (Wildman–Crippen LogP) is 4.58. The lowest BCUT2D eigenvalue weighted by molar-refractivity contribution is -0.112.